The summed E-state index contributed by atoms with van der Waals surface area (Å²) in [5, 5.41) is 6.35. The number of ether oxygens (including phenoxy) is 2. The van der Waals surface area contributed by atoms with Crippen molar-refractivity contribution in [2.45, 2.75) is 59.5 Å². The molecule has 7 nitrogen and oxygen atoms in total. The van der Waals surface area contributed by atoms with Crippen LogP contribution >= 0.6 is 11.3 Å². The van der Waals surface area contributed by atoms with Gasteiger partial charge in [0.05, 0.1) is 12.2 Å². The molecule has 0 saturated carbocycles. The number of carbonyl (C=O) groups excluding carboxylic acids is 3. The first-order valence-corrected chi connectivity index (χ1v) is 13.4. The largest absolute Gasteiger partial charge is 0.481 e. The number of benzene rings is 2. The van der Waals surface area contributed by atoms with Crippen LogP contribution < -0.4 is 15.4 Å². The SMILES string of the molecule is CCOC(=O)c1c(NC(=O)c2ccc(O[C@@H](C)C(=O)Nc3cc(C)ccc3C)cc2)sc2c1CCCC2. The van der Waals surface area contributed by atoms with Crippen LogP contribution in [0.4, 0.5) is 10.7 Å². The highest BCUT2D eigenvalue weighted by atomic mass is 32.1. The summed E-state index contributed by atoms with van der Waals surface area (Å²) in [6.45, 7) is 7.63. The van der Waals surface area contributed by atoms with E-state index in [1.807, 2.05) is 32.0 Å². The van der Waals surface area contributed by atoms with E-state index in [4.69, 9.17) is 9.47 Å². The van der Waals surface area contributed by atoms with Gasteiger partial charge in [0.15, 0.2) is 6.10 Å². The van der Waals surface area contributed by atoms with Crippen LogP contribution in [0.2, 0.25) is 0 Å². The predicted octanol–water partition coefficient (Wildman–Crippen LogP) is 6.08. The molecule has 2 N–H and O–H groups in total. The van der Waals surface area contributed by atoms with E-state index in [1.165, 1.54) is 11.3 Å². The summed E-state index contributed by atoms with van der Waals surface area (Å²) < 4.78 is 11.1. The maximum Gasteiger partial charge on any atom is 0.341 e. The third kappa shape index (κ3) is 6.20. The Morgan fingerprint density at radius 1 is 1.00 bits per heavy atom. The van der Waals surface area contributed by atoms with Crippen LogP contribution in [0, 0.1) is 13.8 Å². The van der Waals surface area contributed by atoms with Crippen molar-refractivity contribution in [3.8, 4) is 5.75 Å². The van der Waals surface area contributed by atoms with Gasteiger partial charge >= 0.3 is 5.97 Å². The fourth-order valence-corrected chi connectivity index (χ4v) is 5.57. The average Bonchev–Trinajstić information content (AvgIpc) is 3.24. The molecule has 0 radical (unpaired) electrons. The van der Waals surface area contributed by atoms with Gasteiger partial charge in [-0.2, -0.15) is 0 Å². The van der Waals surface area contributed by atoms with Gasteiger partial charge in [0.1, 0.15) is 10.8 Å². The lowest BCUT2D eigenvalue weighted by atomic mass is 9.95. The summed E-state index contributed by atoms with van der Waals surface area (Å²) in [6.07, 6.45) is 3.09. The van der Waals surface area contributed by atoms with Gasteiger partial charge in [0.2, 0.25) is 0 Å². The zero-order valence-electron chi connectivity index (χ0n) is 21.6. The molecule has 0 aliphatic heterocycles. The van der Waals surface area contributed by atoms with Crippen LogP contribution in [0.25, 0.3) is 0 Å². The van der Waals surface area contributed by atoms with E-state index in [9.17, 15) is 14.4 Å². The second kappa shape index (κ2) is 11.6. The molecule has 0 unspecified atom stereocenters. The molecule has 2 aromatic carbocycles. The van der Waals surface area contributed by atoms with Gasteiger partial charge in [-0.05, 0) is 100 Å². The number of amides is 2. The number of nitrogens with one attached hydrogen (secondary N) is 2. The van der Waals surface area contributed by atoms with Crippen LogP contribution in [0.3, 0.4) is 0 Å². The molecule has 2 amide bonds. The summed E-state index contributed by atoms with van der Waals surface area (Å²) in [6, 6.07) is 12.5. The highest BCUT2D eigenvalue weighted by Crippen LogP contribution is 2.39. The lowest BCUT2D eigenvalue weighted by Gasteiger charge is -2.16. The maximum atomic E-state index is 13.0. The molecule has 0 spiro atoms. The zero-order valence-corrected chi connectivity index (χ0v) is 22.4. The number of rotatable bonds is 8. The number of fused-ring (bicyclic) bond motifs is 1. The smallest absolute Gasteiger partial charge is 0.341 e. The highest BCUT2D eigenvalue weighted by molar-refractivity contribution is 7.17. The van der Waals surface area contributed by atoms with Crippen LogP contribution in [0.5, 0.6) is 5.75 Å². The lowest BCUT2D eigenvalue weighted by Crippen LogP contribution is -2.30. The maximum absolute atomic E-state index is 13.0. The Morgan fingerprint density at radius 3 is 2.46 bits per heavy atom. The molecule has 8 heteroatoms. The number of hydrogen-bond donors (Lipinski definition) is 2. The van der Waals surface area contributed by atoms with E-state index >= 15 is 0 Å². The second-order valence-corrected chi connectivity index (χ2v) is 10.3. The Hall–Kier alpha value is -3.65. The van der Waals surface area contributed by atoms with E-state index in [1.54, 1.807) is 38.1 Å². The standard InChI is InChI=1S/C29H32N2O5S/c1-5-35-29(34)25-22-8-6-7-9-24(22)37-28(25)31-27(33)20-12-14-21(15-13-20)36-19(4)26(32)30-23-16-17(2)10-11-18(23)3/h10-16,19H,5-9H2,1-4H3,(H,30,32)(H,31,33)/t19-/m0/s1. The highest BCUT2D eigenvalue weighted by Gasteiger charge is 2.27. The van der Waals surface area contributed by atoms with Crippen molar-refractivity contribution < 1.29 is 23.9 Å². The molecular formula is C29H32N2O5S. The van der Waals surface area contributed by atoms with E-state index in [-0.39, 0.29) is 18.4 Å². The van der Waals surface area contributed by atoms with Gasteiger partial charge in [-0.1, -0.05) is 12.1 Å². The molecule has 0 saturated heterocycles. The molecule has 4 rings (SSSR count). The number of esters is 1. The third-order valence-electron chi connectivity index (χ3n) is 6.33. The van der Waals surface area contributed by atoms with Crippen molar-refractivity contribution in [1.82, 2.24) is 0 Å². The van der Waals surface area contributed by atoms with Crippen molar-refractivity contribution >= 4 is 39.8 Å². The van der Waals surface area contributed by atoms with Crippen molar-refractivity contribution in [1.29, 1.82) is 0 Å². The van der Waals surface area contributed by atoms with E-state index in [0.29, 0.717) is 21.9 Å². The Bertz CT molecular complexity index is 1310. The Morgan fingerprint density at radius 2 is 1.73 bits per heavy atom. The van der Waals surface area contributed by atoms with E-state index in [0.717, 1.165) is 52.9 Å². The number of hydrogen-bond acceptors (Lipinski definition) is 6. The Balaban J connectivity index is 1.42. The minimum absolute atomic E-state index is 0.260. The number of carbonyl (C=O) groups is 3. The van der Waals surface area contributed by atoms with Gasteiger partial charge in [0, 0.05) is 16.1 Å². The average molecular weight is 521 g/mol. The van der Waals surface area contributed by atoms with Gasteiger partial charge < -0.3 is 20.1 Å². The number of aryl methyl sites for hydroxylation is 3. The van der Waals surface area contributed by atoms with Gasteiger partial charge in [-0.15, -0.1) is 11.3 Å². The summed E-state index contributed by atoms with van der Waals surface area (Å²) in [5.74, 6) is -0.506. The van der Waals surface area contributed by atoms with Crippen LogP contribution in [-0.4, -0.2) is 30.5 Å². The van der Waals surface area contributed by atoms with E-state index < -0.39 is 12.1 Å². The van der Waals surface area contributed by atoms with Gasteiger partial charge in [-0.3, -0.25) is 9.59 Å². The molecule has 194 valence electrons. The zero-order chi connectivity index (χ0) is 26.5. The lowest BCUT2D eigenvalue weighted by molar-refractivity contribution is -0.122. The minimum Gasteiger partial charge on any atom is -0.481 e. The van der Waals surface area contributed by atoms with Crippen molar-refractivity contribution in [2.24, 2.45) is 0 Å². The molecule has 1 aromatic heterocycles. The predicted molar refractivity (Wildman–Crippen MR) is 146 cm³/mol. The van der Waals surface area contributed by atoms with Crippen molar-refractivity contribution in [3.63, 3.8) is 0 Å². The molecule has 1 atom stereocenters. The number of anilines is 2. The first-order chi connectivity index (χ1) is 17.8. The van der Waals surface area contributed by atoms with E-state index in [2.05, 4.69) is 10.6 Å². The van der Waals surface area contributed by atoms with Gasteiger partial charge in [0.25, 0.3) is 11.8 Å². The molecule has 0 bridgehead atoms. The van der Waals surface area contributed by atoms with Crippen molar-refractivity contribution in [3.05, 3.63) is 75.2 Å². The minimum atomic E-state index is -0.732. The fraction of sp³-hybridized carbons (Fsp3) is 0.345. The number of thiophene rings is 1. The third-order valence-corrected chi connectivity index (χ3v) is 7.53. The molecule has 1 aliphatic carbocycles. The Kier molecular flexibility index (Phi) is 8.28. The molecule has 1 aliphatic rings. The summed E-state index contributed by atoms with van der Waals surface area (Å²) in [4.78, 5) is 39.4. The molecule has 1 heterocycles. The summed E-state index contributed by atoms with van der Waals surface area (Å²) >= 11 is 1.45. The van der Waals surface area contributed by atoms with Crippen LogP contribution in [-0.2, 0) is 22.4 Å². The second-order valence-electron chi connectivity index (χ2n) is 9.18. The molecule has 0 fully saturated rings. The van der Waals surface area contributed by atoms with Crippen molar-refractivity contribution in [2.75, 3.05) is 17.2 Å². The van der Waals surface area contributed by atoms with Crippen LogP contribution in [0.1, 0.15) is 69.0 Å². The molecule has 3 aromatic rings. The fourth-order valence-electron chi connectivity index (χ4n) is 4.30. The first kappa shape index (κ1) is 26.4. The monoisotopic (exact) mass is 520 g/mol. The summed E-state index contributed by atoms with van der Waals surface area (Å²) in [7, 11) is 0. The Labute approximate surface area is 221 Å². The van der Waals surface area contributed by atoms with Crippen LogP contribution in [0.15, 0.2) is 42.5 Å². The topological polar surface area (TPSA) is 93.7 Å². The molecule has 37 heavy (non-hydrogen) atoms. The summed E-state index contributed by atoms with van der Waals surface area (Å²) in [5.41, 5.74) is 4.69. The molecular weight excluding hydrogens is 488 g/mol. The normalized spacial score (nSPS) is 13.3. The first-order valence-electron chi connectivity index (χ1n) is 12.5. The van der Waals surface area contributed by atoms with Gasteiger partial charge in [-0.25, -0.2) is 4.79 Å². The quantitative estimate of drug-likeness (QED) is 0.351.